The van der Waals surface area contributed by atoms with E-state index >= 15 is 0 Å². The summed E-state index contributed by atoms with van der Waals surface area (Å²) in [6.45, 7) is 5.43. The summed E-state index contributed by atoms with van der Waals surface area (Å²) < 4.78 is 0. The van der Waals surface area contributed by atoms with Crippen molar-refractivity contribution in [1.29, 1.82) is 0 Å². The summed E-state index contributed by atoms with van der Waals surface area (Å²) in [5.41, 5.74) is 6.55. The molecule has 0 radical (unpaired) electrons. The molecule has 0 aliphatic heterocycles. The van der Waals surface area contributed by atoms with E-state index < -0.39 is 0 Å². The van der Waals surface area contributed by atoms with Gasteiger partial charge in [0.25, 0.3) is 0 Å². The molecular formula is C12H20N2S. The monoisotopic (exact) mass is 224 g/mol. The van der Waals surface area contributed by atoms with Gasteiger partial charge in [0.1, 0.15) is 0 Å². The van der Waals surface area contributed by atoms with Crippen LogP contribution in [0.25, 0.3) is 0 Å². The van der Waals surface area contributed by atoms with Gasteiger partial charge < -0.3 is 11.1 Å². The van der Waals surface area contributed by atoms with Crippen LogP contribution in [0.5, 0.6) is 0 Å². The maximum absolute atomic E-state index is 5.70. The Hall–Kier alpha value is -0.670. The van der Waals surface area contributed by atoms with E-state index in [4.69, 9.17) is 5.73 Å². The highest BCUT2D eigenvalue weighted by molar-refractivity contribution is 7.99. The van der Waals surface area contributed by atoms with Crippen LogP contribution in [0, 0.1) is 0 Å². The quantitative estimate of drug-likeness (QED) is 0.443. The van der Waals surface area contributed by atoms with Gasteiger partial charge >= 0.3 is 0 Å². The standard InChI is InChI=1S/C12H20N2S/c1-10(2)14-7-4-8-15-12-6-3-5-11(13)9-12/h3,5-6,9-10,14H,4,7-8,13H2,1-2H3. The third-order valence-electron chi connectivity index (χ3n) is 2.00. The third kappa shape index (κ3) is 5.70. The lowest BCUT2D eigenvalue weighted by Gasteiger charge is -2.07. The molecule has 0 heterocycles. The lowest BCUT2D eigenvalue weighted by molar-refractivity contribution is 0.586. The van der Waals surface area contributed by atoms with Crippen LogP contribution < -0.4 is 11.1 Å². The van der Waals surface area contributed by atoms with E-state index in [2.05, 4.69) is 25.2 Å². The average Bonchev–Trinajstić information content (AvgIpc) is 2.17. The molecule has 0 bridgehead atoms. The Bertz CT molecular complexity index is 287. The van der Waals surface area contributed by atoms with Crippen molar-refractivity contribution in [3.05, 3.63) is 24.3 Å². The van der Waals surface area contributed by atoms with Gasteiger partial charge in [0.15, 0.2) is 0 Å². The van der Waals surface area contributed by atoms with Crippen LogP contribution in [0.15, 0.2) is 29.2 Å². The first-order valence-corrected chi connectivity index (χ1v) is 6.39. The van der Waals surface area contributed by atoms with Crippen LogP contribution in [0.2, 0.25) is 0 Å². The fourth-order valence-corrected chi connectivity index (χ4v) is 2.18. The smallest absolute Gasteiger partial charge is 0.0325 e. The summed E-state index contributed by atoms with van der Waals surface area (Å²) in [7, 11) is 0. The average molecular weight is 224 g/mol. The molecule has 0 aliphatic rings. The zero-order chi connectivity index (χ0) is 11.1. The number of anilines is 1. The maximum atomic E-state index is 5.70. The number of hydrogen-bond acceptors (Lipinski definition) is 3. The van der Waals surface area contributed by atoms with Crippen molar-refractivity contribution in [3.8, 4) is 0 Å². The molecule has 1 aromatic rings. The predicted octanol–water partition coefficient (Wildman–Crippen LogP) is 2.75. The molecule has 84 valence electrons. The fourth-order valence-electron chi connectivity index (χ4n) is 1.26. The third-order valence-corrected chi connectivity index (χ3v) is 3.08. The Morgan fingerprint density at radius 2 is 2.20 bits per heavy atom. The second-order valence-corrected chi connectivity index (χ2v) is 5.05. The molecule has 0 spiro atoms. The SMILES string of the molecule is CC(C)NCCCSc1cccc(N)c1. The van der Waals surface area contributed by atoms with E-state index in [1.807, 2.05) is 30.0 Å². The Kier molecular flexibility index (Phi) is 5.58. The van der Waals surface area contributed by atoms with Gasteiger partial charge in [0, 0.05) is 16.6 Å². The van der Waals surface area contributed by atoms with Crippen LogP contribution in [0.1, 0.15) is 20.3 Å². The molecular weight excluding hydrogens is 204 g/mol. The van der Waals surface area contributed by atoms with Crippen LogP contribution >= 0.6 is 11.8 Å². The number of benzene rings is 1. The van der Waals surface area contributed by atoms with E-state index in [1.165, 1.54) is 11.3 Å². The first kappa shape index (κ1) is 12.4. The Morgan fingerprint density at radius 1 is 1.40 bits per heavy atom. The number of hydrogen-bond donors (Lipinski definition) is 2. The molecule has 0 atom stereocenters. The van der Waals surface area contributed by atoms with E-state index in [1.54, 1.807) is 0 Å². The molecule has 2 nitrogen and oxygen atoms in total. The summed E-state index contributed by atoms with van der Waals surface area (Å²) in [6, 6.07) is 8.65. The first-order chi connectivity index (χ1) is 7.18. The normalized spacial score (nSPS) is 10.9. The highest BCUT2D eigenvalue weighted by Gasteiger charge is 1.95. The zero-order valence-corrected chi connectivity index (χ0v) is 10.3. The minimum absolute atomic E-state index is 0.586. The topological polar surface area (TPSA) is 38.0 Å². The molecule has 1 rings (SSSR count). The van der Waals surface area contributed by atoms with Crippen molar-refractivity contribution >= 4 is 17.4 Å². The molecule has 0 aliphatic carbocycles. The van der Waals surface area contributed by atoms with Crippen molar-refractivity contribution in [3.63, 3.8) is 0 Å². The first-order valence-electron chi connectivity index (χ1n) is 5.40. The van der Waals surface area contributed by atoms with E-state index in [0.29, 0.717) is 6.04 Å². The fraction of sp³-hybridized carbons (Fsp3) is 0.500. The number of rotatable bonds is 6. The molecule has 3 N–H and O–H groups in total. The van der Waals surface area contributed by atoms with Gasteiger partial charge in [-0.2, -0.15) is 0 Å². The minimum Gasteiger partial charge on any atom is -0.399 e. The van der Waals surface area contributed by atoms with E-state index in [-0.39, 0.29) is 0 Å². The van der Waals surface area contributed by atoms with Gasteiger partial charge in [-0.1, -0.05) is 19.9 Å². The lowest BCUT2D eigenvalue weighted by atomic mass is 10.3. The van der Waals surface area contributed by atoms with Crippen LogP contribution in [0.4, 0.5) is 5.69 Å². The lowest BCUT2D eigenvalue weighted by Crippen LogP contribution is -2.23. The van der Waals surface area contributed by atoms with Crippen molar-refractivity contribution in [2.45, 2.75) is 31.2 Å². The highest BCUT2D eigenvalue weighted by Crippen LogP contribution is 2.20. The Morgan fingerprint density at radius 3 is 2.87 bits per heavy atom. The summed E-state index contributed by atoms with van der Waals surface area (Å²) in [4.78, 5) is 1.26. The van der Waals surface area contributed by atoms with Crippen LogP contribution in [0.3, 0.4) is 0 Å². The Balaban J connectivity index is 2.15. The molecule has 0 aromatic heterocycles. The maximum Gasteiger partial charge on any atom is 0.0325 e. The Labute approximate surface area is 96.6 Å². The highest BCUT2D eigenvalue weighted by atomic mass is 32.2. The number of nitrogens with one attached hydrogen (secondary N) is 1. The summed E-state index contributed by atoms with van der Waals surface area (Å²) >= 11 is 1.87. The number of nitrogens with two attached hydrogens (primary N) is 1. The zero-order valence-electron chi connectivity index (χ0n) is 9.49. The minimum atomic E-state index is 0.586. The summed E-state index contributed by atoms with van der Waals surface area (Å²) in [5.74, 6) is 1.14. The van der Waals surface area contributed by atoms with Crippen molar-refractivity contribution in [2.75, 3.05) is 18.0 Å². The largest absolute Gasteiger partial charge is 0.399 e. The second kappa shape index (κ2) is 6.75. The summed E-state index contributed by atoms with van der Waals surface area (Å²) in [5, 5.41) is 3.41. The van der Waals surface area contributed by atoms with Gasteiger partial charge in [-0.15, -0.1) is 11.8 Å². The van der Waals surface area contributed by atoms with Gasteiger partial charge in [-0.25, -0.2) is 0 Å². The van der Waals surface area contributed by atoms with Crippen LogP contribution in [-0.4, -0.2) is 18.3 Å². The molecule has 1 aromatic carbocycles. The summed E-state index contributed by atoms with van der Waals surface area (Å²) in [6.07, 6.45) is 1.19. The second-order valence-electron chi connectivity index (χ2n) is 3.88. The molecule has 3 heteroatoms. The molecule has 0 unspecified atom stereocenters. The molecule has 0 saturated carbocycles. The van der Waals surface area contributed by atoms with Gasteiger partial charge in [0.05, 0.1) is 0 Å². The number of nitrogen functional groups attached to an aromatic ring is 1. The van der Waals surface area contributed by atoms with Crippen molar-refractivity contribution in [1.82, 2.24) is 5.32 Å². The molecule has 15 heavy (non-hydrogen) atoms. The number of thioether (sulfide) groups is 1. The van der Waals surface area contributed by atoms with E-state index in [9.17, 15) is 0 Å². The van der Waals surface area contributed by atoms with Crippen molar-refractivity contribution < 1.29 is 0 Å². The molecule has 0 amide bonds. The van der Waals surface area contributed by atoms with E-state index in [0.717, 1.165) is 18.0 Å². The van der Waals surface area contributed by atoms with Gasteiger partial charge in [0.2, 0.25) is 0 Å². The van der Waals surface area contributed by atoms with Crippen LogP contribution in [-0.2, 0) is 0 Å². The predicted molar refractivity (Wildman–Crippen MR) is 69.3 cm³/mol. The van der Waals surface area contributed by atoms with Gasteiger partial charge in [-0.05, 0) is 36.9 Å². The molecule has 0 fully saturated rings. The van der Waals surface area contributed by atoms with Crippen molar-refractivity contribution in [2.24, 2.45) is 0 Å². The van der Waals surface area contributed by atoms with Gasteiger partial charge in [-0.3, -0.25) is 0 Å². The molecule has 0 saturated heterocycles.